The molecule has 4 heteroatoms. The molecule has 0 radical (unpaired) electrons. The van der Waals surface area contributed by atoms with Gasteiger partial charge in [0.15, 0.2) is 5.82 Å². The molecule has 17 heavy (non-hydrogen) atoms. The fourth-order valence-electron chi connectivity index (χ4n) is 1.70. The molecule has 0 aliphatic heterocycles. The van der Waals surface area contributed by atoms with E-state index in [1.54, 1.807) is 0 Å². The summed E-state index contributed by atoms with van der Waals surface area (Å²) >= 11 is 0. The summed E-state index contributed by atoms with van der Waals surface area (Å²) in [5.41, 5.74) is 0.938. The fourth-order valence-corrected chi connectivity index (χ4v) is 1.70. The first kappa shape index (κ1) is 11.6. The van der Waals surface area contributed by atoms with Gasteiger partial charge in [0.25, 0.3) is 0 Å². The minimum Gasteiger partial charge on any atom is -0.493 e. The van der Waals surface area contributed by atoms with Crippen LogP contribution < -0.4 is 4.74 Å². The third-order valence-corrected chi connectivity index (χ3v) is 2.45. The zero-order chi connectivity index (χ0) is 12.1. The lowest BCUT2D eigenvalue weighted by Crippen LogP contribution is -1.94. The Hall–Kier alpha value is -1.84. The second kappa shape index (κ2) is 5.48. The molecule has 0 aliphatic rings. The van der Waals surface area contributed by atoms with Crippen molar-refractivity contribution in [1.29, 1.82) is 0 Å². The molecular weight excluding hydrogens is 214 g/mol. The van der Waals surface area contributed by atoms with E-state index in [4.69, 9.17) is 4.74 Å². The van der Waals surface area contributed by atoms with Crippen molar-refractivity contribution < 1.29 is 4.74 Å². The summed E-state index contributed by atoms with van der Waals surface area (Å²) in [7, 11) is 0. The molecule has 0 saturated heterocycles. The maximum absolute atomic E-state index is 5.57. The second-order valence-electron chi connectivity index (χ2n) is 3.78. The molecule has 0 aliphatic carbocycles. The van der Waals surface area contributed by atoms with Crippen LogP contribution in [0.5, 0.6) is 5.75 Å². The first-order chi connectivity index (χ1) is 8.35. The average molecular weight is 231 g/mol. The van der Waals surface area contributed by atoms with Crippen LogP contribution in [-0.2, 0) is 6.42 Å². The highest BCUT2D eigenvalue weighted by Gasteiger charge is 2.10. The van der Waals surface area contributed by atoms with E-state index >= 15 is 0 Å². The number of rotatable bonds is 5. The predicted molar refractivity (Wildman–Crippen MR) is 67.0 cm³/mol. The lowest BCUT2D eigenvalue weighted by molar-refractivity contribution is 0.341. The average Bonchev–Trinajstić information content (AvgIpc) is 2.79. The normalized spacial score (nSPS) is 10.5. The monoisotopic (exact) mass is 231 g/mol. The fraction of sp³-hybridized carbons (Fsp3) is 0.385. The minimum absolute atomic E-state index is 0.642. The van der Waals surface area contributed by atoms with Gasteiger partial charge in [0.1, 0.15) is 11.6 Å². The molecule has 4 nitrogen and oxygen atoms in total. The van der Waals surface area contributed by atoms with Crippen LogP contribution in [0.15, 0.2) is 24.3 Å². The number of para-hydroxylation sites is 1. The molecule has 1 heterocycles. The number of aryl methyl sites for hydroxylation is 1. The number of aromatic amines is 1. The van der Waals surface area contributed by atoms with Crippen LogP contribution >= 0.6 is 0 Å². The second-order valence-corrected chi connectivity index (χ2v) is 3.78. The van der Waals surface area contributed by atoms with Crippen LogP contribution in [0, 0.1) is 0 Å². The van der Waals surface area contributed by atoms with Crippen molar-refractivity contribution in [3.05, 3.63) is 30.1 Å². The van der Waals surface area contributed by atoms with Crippen LogP contribution in [0.25, 0.3) is 11.4 Å². The van der Waals surface area contributed by atoms with Gasteiger partial charge in [0.05, 0.1) is 12.2 Å². The third-order valence-electron chi connectivity index (χ3n) is 2.45. The number of H-pyrrole nitrogens is 1. The van der Waals surface area contributed by atoms with Crippen molar-refractivity contribution >= 4 is 0 Å². The SMILES string of the molecule is CCCc1nc(-c2ccccc2OCC)n[nH]1. The van der Waals surface area contributed by atoms with Gasteiger partial charge in [-0.1, -0.05) is 19.1 Å². The lowest BCUT2D eigenvalue weighted by atomic mass is 10.2. The summed E-state index contributed by atoms with van der Waals surface area (Å²) in [4.78, 5) is 4.47. The van der Waals surface area contributed by atoms with Crippen molar-refractivity contribution in [1.82, 2.24) is 15.2 Å². The highest BCUT2D eigenvalue weighted by Crippen LogP contribution is 2.26. The van der Waals surface area contributed by atoms with Crippen LogP contribution in [0.2, 0.25) is 0 Å². The van der Waals surface area contributed by atoms with E-state index in [1.807, 2.05) is 31.2 Å². The van der Waals surface area contributed by atoms with Gasteiger partial charge in [0, 0.05) is 6.42 Å². The van der Waals surface area contributed by atoms with Crippen LogP contribution in [0.3, 0.4) is 0 Å². The Morgan fingerprint density at radius 2 is 2.06 bits per heavy atom. The Morgan fingerprint density at radius 3 is 2.82 bits per heavy atom. The number of benzene rings is 1. The molecule has 0 saturated carbocycles. The molecule has 1 aromatic heterocycles. The molecule has 2 rings (SSSR count). The van der Waals surface area contributed by atoms with Crippen LogP contribution in [-0.4, -0.2) is 21.8 Å². The first-order valence-electron chi connectivity index (χ1n) is 5.98. The molecule has 0 bridgehead atoms. The largest absolute Gasteiger partial charge is 0.493 e. The van der Waals surface area contributed by atoms with Crippen molar-refractivity contribution in [3.63, 3.8) is 0 Å². The number of hydrogen-bond acceptors (Lipinski definition) is 3. The van der Waals surface area contributed by atoms with Gasteiger partial charge in [-0.25, -0.2) is 4.98 Å². The highest BCUT2D eigenvalue weighted by molar-refractivity contribution is 5.63. The smallest absolute Gasteiger partial charge is 0.184 e. The molecule has 0 atom stereocenters. The van der Waals surface area contributed by atoms with Gasteiger partial charge >= 0.3 is 0 Å². The molecule has 2 aromatic rings. The van der Waals surface area contributed by atoms with Crippen LogP contribution in [0.1, 0.15) is 26.1 Å². The van der Waals surface area contributed by atoms with Crippen LogP contribution in [0.4, 0.5) is 0 Å². The molecule has 0 spiro atoms. The zero-order valence-corrected chi connectivity index (χ0v) is 10.2. The van der Waals surface area contributed by atoms with Gasteiger partial charge in [-0.05, 0) is 25.5 Å². The van der Waals surface area contributed by atoms with E-state index in [9.17, 15) is 0 Å². The molecule has 0 amide bonds. The van der Waals surface area contributed by atoms with E-state index in [-0.39, 0.29) is 0 Å². The van der Waals surface area contributed by atoms with Gasteiger partial charge in [-0.2, -0.15) is 5.10 Å². The Balaban J connectivity index is 2.31. The molecule has 1 N–H and O–H groups in total. The Morgan fingerprint density at radius 1 is 1.24 bits per heavy atom. The summed E-state index contributed by atoms with van der Waals surface area (Å²) in [6, 6.07) is 7.83. The van der Waals surface area contributed by atoms with Gasteiger partial charge in [0.2, 0.25) is 0 Å². The van der Waals surface area contributed by atoms with E-state index in [2.05, 4.69) is 22.1 Å². The van der Waals surface area contributed by atoms with Gasteiger partial charge < -0.3 is 4.74 Å². The number of aromatic nitrogens is 3. The maximum atomic E-state index is 5.57. The van der Waals surface area contributed by atoms with Gasteiger partial charge in [-0.3, -0.25) is 5.10 Å². The van der Waals surface area contributed by atoms with Crippen molar-refractivity contribution in [3.8, 4) is 17.1 Å². The maximum Gasteiger partial charge on any atom is 0.184 e. The predicted octanol–water partition coefficient (Wildman–Crippen LogP) is 2.82. The van der Waals surface area contributed by atoms with Crippen molar-refractivity contribution in [2.24, 2.45) is 0 Å². The number of ether oxygens (including phenoxy) is 1. The van der Waals surface area contributed by atoms with E-state index in [1.165, 1.54) is 0 Å². The Bertz CT molecular complexity index is 479. The molecule has 0 fully saturated rings. The van der Waals surface area contributed by atoms with Crippen molar-refractivity contribution in [2.75, 3.05) is 6.61 Å². The Kier molecular flexibility index (Phi) is 3.75. The van der Waals surface area contributed by atoms with E-state index in [0.29, 0.717) is 12.4 Å². The van der Waals surface area contributed by atoms with E-state index < -0.39 is 0 Å². The summed E-state index contributed by atoms with van der Waals surface area (Å²) in [6.07, 6.45) is 1.98. The summed E-state index contributed by atoms with van der Waals surface area (Å²) in [5, 5.41) is 7.19. The summed E-state index contributed by atoms with van der Waals surface area (Å²) in [5.74, 6) is 2.46. The molecule has 0 unspecified atom stereocenters. The quantitative estimate of drug-likeness (QED) is 0.860. The minimum atomic E-state index is 0.642. The zero-order valence-electron chi connectivity index (χ0n) is 10.2. The Labute approximate surface area is 101 Å². The first-order valence-corrected chi connectivity index (χ1v) is 5.98. The number of nitrogens with one attached hydrogen (secondary N) is 1. The molecular formula is C13H17N3O. The summed E-state index contributed by atoms with van der Waals surface area (Å²) in [6.45, 7) is 4.73. The number of nitrogens with zero attached hydrogens (tertiary/aromatic N) is 2. The topological polar surface area (TPSA) is 50.8 Å². The van der Waals surface area contributed by atoms with Gasteiger partial charge in [-0.15, -0.1) is 0 Å². The lowest BCUT2D eigenvalue weighted by Gasteiger charge is -2.06. The van der Waals surface area contributed by atoms with Crippen molar-refractivity contribution in [2.45, 2.75) is 26.7 Å². The molecule has 90 valence electrons. The molecule has 1 aromatic carbocycles. The highest BCUT2D eigenvalue weighted by atomic mass is 16.5. The summed E-state index contributed by atoms with van der Waals surface area (Å²) < 4.78 is 5.57. The number of hydrogen-bond donors (Lipinski definition) is 1. The third kappa shape index (κ3) is 2.64. The standard InChI is InChI=1S/C13H17N3O/c1-3-7-12-14-13(16-15-12)10-8-5-6-9-11(10)17-4-2/h5-6,8-9H,3-4,7H2,1-2H3,(H,14,15,16). The van der Waals surface area contributed by atoms with E-state index in [0.717, 1.165) is 30.0 Å².